The summed E-state index contributed by atoms with van der Waals surface area (Å²) in [6.45, 7) is 13.4. The summed E-state index contributed by atoms with van der Waals surface area (Å²) in [6.07, 6.45) is 0.354. The highest BCUT2D eigenvalue weighted by molar-refractivity contribution is 7.16. The van der Waals surface area contributed by atoms with E-state index in [0.717, 1.165) is 22.9 Å². The van der Waals surface area contributed by atoms with Gasteiger partial charge in [0.05, 0.1) is 5.69 Å². The lowest BCUT2D eigenvalue weighted by molar-refractivity contribution is 0.0158. The number of aryl methyl sites for hydroxylation is 2. The summed E-state index contributed by atoms with van der Waals surface area (Å²) < 4.78 is 20.9. The van der Waals surface area contributed by atoms with Gasteiger partial charge in [-0.2, -0.15) is 10.4 Å². The van der Waals surface area contributed by atoms with Crippen molar-refractivity contribution in [2.24, 2.45) is 0 Å². The Kier molecular flexibility index (Phi) is 7.57. The Balaban J connectivity index is 1.45. The lowest BCUT2D eigenvalue weighted by atomic mass is 10.1. The number of carbonyl (C=O) groups excluding carboxylic acids is 1. The van der Waals surface area contributed by atoms with Gasteiger partial charge in [-0.25, -0.2) is 23.7 Å². The van der Waals surface area contributed by atoms with Crippen LogP contribution in [0.25, 0.3) is 16.9 Å². The number of nitrogens with zero attached hydrogens (tertiary/aromatic N) is 7. The fourth-order valence-electron chi connectivity index (χ4n) is 4.85. The van der Waals surface area contributed by atoms with Gasteiger partial charge < -0.3 is 19.9 Å². The van der Waals surface area contributed by atoms with Crippen LogP contribution in [0.2, 0.25) is 0 Å². The number of piperazine rings is 1. The lowest BCUT2D eigenvalue weighted by Gasteiger charge is -2.40. The first-order valence-corrected chi connectivity index (χ1v) is 14.4. The van der Waals surface area contributed by atoms with Crippen LogP contribution >= 0.6 is 11.3 Å². The number of rotatable bonds is 5. The number of nitrogens with one attached hydrogen (secondary N) is 1. The van der Waals surface area contributed by atoms with Gasteiger partial charge in [0.15, 0.2) is 10.8 Å². The van der Waals surface area contributed by atoms with Crippen LogP contribution in [-0.2, 0) is 11.2 Å². The molecule has 41 heavy (non-hydrogen) atoms. The molecule has 10 nitrogen and oxygen atoms in total. The van der Waals surface area contributed by atoms with Crippen molar-refractivity contribution in [1.29, 1.82) is 5.26 Å². The maximum atomic E-state index is 13.5. The van der Waals surface area contributed by atoms with Crippen LogP contribution in [0.1, 0.15) is 50.9 Å². The number of hydrogen-bond donors (Lipinski definition) is 1. The first-order chi connectivity index (χ1) is 19.5. The number of thiazole rings is 1. The molecule has 4 aromatic rings. The number of aromatic nitrogens is 4. The van der Waals surface area contributed by atoms with Gasteiger partial charge >= 0.3 is 6.09 Å². The van der Waals surface area contributed by atoms with E-state index in [1.807, 2.05) is 52.1 Å². The lowest BCUT2D eigenvalue weighted by Crippen LogP contribution is -2.55. The largest absolute Gasteiger partial charge is 0.444 e. The first kappa shape index (κ1) is 28.3. The molecule has 12 heteroatoms. The van der Waals surface area contributed by atoms with E-state index >= 15 is 0 Å². The van der Waals surface area contributed by atoms with E-state index in [-0.39, 0.29) is 18.0 Å². The van der Waals surface area contributed by atoms with E-state index in [4.69, 9.17) is 14.8 Å². The number of hydrogen-bond acceptors (Lipinski definition) is 9. The Labute approximate surface area is 242 Å². The molecule has 0 saturated carbocycles. The molecule has 1 aliphatic heterocycles. The molecule has 0 spiro atoms. The quantitative estimate of drug-likeness (QED) is 0.312. The number of nitriles is 1. The minimum absolute atomic E-state index is 0.0600. The minimum Gasteiger partial charge on any atom is -0.444 e. The number of halogens is 1. The van der Waals surface area contributed by atoms with Gasteiger partial charge in [0.1, 0.15) is 39.6 Å². The Morgan fingerprint density at radius 1 is 1.24 bits per heavy atom. The summed E-state index contributed by atoms with van der Waals surface area (Å²) in [5.41, 5.74) is 3.72. The number of benzene rings is 1. The Hall–Kier alpha value is -4.24. The number of anilines is 3. The number of fused-ring (bicyclic) bond motifs is 1. The molecule has 1 saturated heterocycles. The van der Waals surface area contributed by atoms with Gasteiger partial charge in [0, 0.05) is 43.0 Å². The summed E-state index contributed by atoms with van der Waals surface area (Å²) in [4.78, 5) is 26.8. The second kappa shape index (κ2) is 11.0. The molecule has 0 bridgehead atoms. The summed E-state index contributed by atoms with van der Waals surface area (Å²) in [5.74, 6) is 0.442. The fourth-order valence-corrected chi connectivity index (χ4v) is 5.63. The average Bonchev–Trinajstić information content (AvgIpc) is 3.49. The van der Waals surface area contributed by atoms with Crippen LogP contribution in [0.15, 0.2) is 30.3 Å². The van der Waals surface area contributed by atoms with Gasteiger partial charge in [-0.1, -0.05) is 18.3 Å². The molecule has 4 heterocycles. The van der Waals surface area contributed by atoms with E-state index in [9.17, 15) is 14.4 Å². The molecular formula is C29H33FN8O2S. The van der Waals surface area contributed by atoms with E-state index < -0.39 is 5.60 Å². The smallest absolute Gasteiger partial charge is 0.410 e. The van der Waals surface area contributed by atoms with E-state index in [0.29, 0.717) is 53.0 Å². The monoisotopic (exact) mass is 576 g/mol. The Morgan fingerprint density at radius 2 is 1.98 bits per heavy atom. The molecule has 1 amide bonds. The third-order valence-corrected chi connectivity index (χ3v) is 7.69. The number of carbonyl (C=O) groups is 1. The summed E-state index contributed by atoms with van der Waals surface area (Å²) in [5, 5.41) is 18.4. The highest BCUT2D eigenvalue weighted by atomic mass is 32.1. The third kappa shape index (κ3) is 5.81. The summed E-state index contributed by atoms with van der Waals surface area (Å²) in [6, 6.07) is 10.1. The maximum Gasteiger partial charge on any atom is 0.410 e. The van der Waals surface area contributed by atoms with Crippen LogP contribution in [0, 0.1) is 24.1 Å². The van der Waals surface area contributed by atoms with Gasteiger partial charge in [-0.15, -0.1) is 0 Å². The molecule has 3 aromatic heterocycles. The molecular weight excluding hydrogens is 543 g/mol. The van der Waals surface area contributed by atoms with E-state index in [1.165, 1.54) is 23.5 Å². The first-order valence-electron chi connectivity index (χ1n) is 13.5. The van der Waals surface area contributed by atoms with E-state index in [1.54, 1.807) is 17.0 Å². The molecule has 1 atom stereocenters. The molecule has 1 fully saturated rings. The van der Waals surface area contributed by atoms with Gasteiger partial charge in [-0.3, -0.25) is 0 Å². The summed E-state index contributed by atoms with van der Waals surface area (Å²) >= 11 is 1.23. The second-order valence-electron chi connectivity index (χ2n) is 11.1. The Morgan fingerprint density at radius 3 is 2.61 bits per heavy atom. The van der Waals surface area contributed by atoms with Crippen molar-refractivity contribution in [3.05, 3.63) is 52.4 Å². The summed E-state index contributed by atoms with van der Waals surface area (Å²) in [7, 11) is 0. The fraction of sp³-hybridized carbons (Fsp3) is 0.414. The molecule has 0 radical (unpaired) electrons. The molecule has 0 unspecified atom stereocenters. The minimum atomic E-state index is -0.550. The zero-order chi connectivity index (χ0) is 29.5. The number of ether oxygens (including phenoxy) is 1. The number of amides is 1. The SMILES string of the molecule is CCc1nn2c(C)cc(N3CCN(C(=O)OC(C)(C)C)[C@H](C)C3)nc2c1Nc1nc(-c2ccc(F)cc2)c(C#N)s1. The molecule has 1 N–H and O–H groups in total. The van der Waals surface area contributed by atoms with Crippen LogP contribution in [-0.4, -0.2) is 61.9 Å². The molecule has 0 aliphatic carbocycles. The van der Waals surface area contributed by atoms with Crippen LogP contribution < -0.4 is 10.2 Å². The molecule has 1 aliphatic rings. The van der Waals surface area contributed by atoms with Crippen molar-refractivity contribution in [1.82, 2.24) is 24.5 Å². The van der Waals surface area contributed by atoms with Crippen molar-refractivity contribution in [2.45, 2.75) is 59.6 Å². The zero-order valence-electron chi connectivity index (χ0n) is 24.0. The van der Waals surface area contributed by atoms with Crippen LogP contribution in [0.4, 0.5) is 25.8 Å². The molecule has 214 valence electrons. The van der Waals surface area contributed by atoms with Crippen LogP contribution in [0.5, 0.6) is 0 Å². The average molecular weight is 577 g/mol. The predicted octanol–water partition coefficient (Wildman–Crippen LogP) is 5.92. The van der Waals surface area contributed by atoms with Gasteiger partial charge in [0.25, 0.3) is 0 Å². The Bertz CT molecular complexity index is 1630. The highest BCUT2D eigenvalue weighted by Crippen LogP contribution is 2.35. The predicted molar refractivity (Wildman–Crippen MR) is 157 cm³/mol. The van der Waals surface area contributed by atoms with Crippen molar-refractivity contribution in [3.63, 3.8) is 0 Å². The van der Waals surface area contributed by atoms with E-state index in [2.05, 4.69) is 21.3 Å². The molecule has 5 rings (SSSR count). The standard InChI is InChI=1S/C29H33FN8O2S/c1-7-21-25(34-27-33-24(22(15-31)41-27)19-8-10-20(30)11-9-19)26-32-23(14-17(2)38(26)35-21)36-12-13-37(18(3)16-36)28(39)40-29(4,5)6/h8-11,14,18H,7,12-13,16H2,1-6H3,(H,33,34)/t18-/m1/s1. The third-order valence-electron chi connectivity index (χ3n) is 6.82. The van der Waals surface area contributed by atoms with Crippen molar-refractivity contribution >= 4 is 39.7 Å². The molecule has 1 aromatic carbocycles. The van der Waals surface area contributed by atoms with Crippen LogP contribution in [0.3, 0.4) is 0 Å². The second-order valence-corrected chi connectivity index (χ2v) is 12.1. The van der Waals surface area contributed by atoms with Gasteiger partial charge in [0.2, 0.25) is 0 Å². The van der Waals surface area contributed by atoms with Gasteiger partial charge in [-0.05, 0) is 65.3 Å². The zero-order valence-corrected chi connectivity index (χ0v) is 24.8. The highest BCUT2D eigenvalue weighted by Gasteiger charge is 2.32. The topological polar surface area (TPSA) is 112 Å². The van der Waals surface area contributed by atoms with Crippen molar-refractivity contribution in [2.75, 3.05) is 29.9 Å². The van der Waals surface area contributed by atoms with Crippen molar-refractivity contribution in [3.8, 4) is 17.3 Å². The maximum absolute atomic E-state index is 13.5. The van der Waals surface area contributed by atoms with Crippen molar-refractivity contribution < 1.29 is 13.9 Å². The normalized spacial score (nSPS) is 15.7.